The highest BCUT2D eigenvalue weighted by Crippen LogP contribution is 2.39. The molecule has 1 saturated heterocycles. The van der Waals surface area contributed by atoms with Crippen LogP contribution >= 0.6 is 0 Å². The first-order valence-corrected chi connectivity index (χ1v) is 13.3. The minimum absolute atomic E-state index is 0.0409. The number of benzene rings is 1. The molecule has 5 heterocycles. The van der Waals surface area contributed by atoms with Gasteiger partial charge in [-0.25, -0.2) is 24.3 Å². The summed E-state index contributed by atoms with van der Waals surface area (Å²) in [5, 5.41) is 9.16. The van der Waals surface area contributed by atoms with E-state index in [1.807, 2.05) is 18.2 Å². The molecular weight excluding hydrogens is 527 g/mol. The average Bonchev–Trinajstić information content (AvgIpc) is 3.66. The maximum absolute atomic E-state index is 14.5. The number of aromatic nitrogens is 4. The number of halogens is 1. The van der Waals surface area contributed by atoms with Gasteiger partial charge in [0.25, 0.3) is 5.91 Å². The second kappa shape index (κ2) is 11.3. The van der Waals surface area contributed by atoms with Crippen LogP contribution in [0.3, 0.4) is 0 Å². The molecule has 1 aromatic carbocycles. The molecule has 210 valence electrons. The molecule has 0 bridgehead atoms. The molecule has 0 unspecified atom stereocenters. The SMILES string of the molecule is Nc1nccc(-c2cnc(NCc3cccc(C(=O)Nc4ccc(OC[C@]5(F)CCNC5)cn4)c3)c3c2OCC3)n1. The smallest absolute Gasteiger partial charge is 0.256 e. The molecule has 41 heavy (non-hydrogen) atoms. The van der Waals surface area contributed by atoms with Crippen molar-refractivity contribution in [2.75, 3.05) is 42.7 Å². The van der Waals surface area contributed by atoms with Gasteiger partial charge in [-0.15, -0.1) is 0 Å². The van der Waals surface area contributed by atoms with Gasteiger partial charge < -0.3 is 31.2 Å². The first-order valence-electron chi connectivity index (χ1n) is 13.3. The third-order valence-corrected chi connectivity index (χ3v) is 6.99. The molecule has 0 aliphatic carbocycles. The number of nitrogens with one attached hydrogen (secondary N) is 3. The van der Waals surface area contributed by atoms with E-state index in [1.165, 1.54) is 6.20 Å². The van der Waals surface area contributed by atoms with Gasteiger partial charge in [-0.3, -0.25) is 4.79 Å². The number of hydrogen-bond donors (Lipinski definition) is 4. The van der Waals surface area contributed by atoms with Gasteiger partial charge in [0.15, 0.2) is 5.67 Å². The molecule has 2 aliphatic heterocycles. The molecule has 11 nitrogen and oxygen atoms in total. The van der Waals surface area contributed by atoms with Crippen LogP contribution in [0.25, 0.3) is 11.3 Å². The van der Waals surface area contributed by atoms with Crippen LogP contribution in [-0.2, 0) is 13.0 Å². The van der Waals surface area contributed by atoms with Crippen LogP contribution in [0.5, 0.6) is 11.5 Å². The zero-order valence-electron chi connectivity index (χ0n) is 22.2. The number of ether oxygens (including phenoxy) is 2. The number of pyridine rings is 2. The van der Waals surface area contributed by atoms with Crippen molar-refractivity contribution in [3.63, 3.8) is 0 Å². The van der Waals surface area contributed by atoms with Crippen molar-refractivity contribution in [2.45, 2.75) is 25.1 Å². The van der Waals surface area contributed by atoms with E-state index in [9.17, 15) is 9.18 Å². The number of alkyl halides is 1. The topological polar surface area (TPSA) is 149 Å². The van der Waals surface area contributed by atoms with Crippen molar-refractivity contribution in [1.29, 1.82) is 0 Å². The van der Waals surface area contributed by atoms with Crippen molar-refractivity contribution in [2.24, 2.45) is 0 Å². The molecule has 12 heteroatoms. The van der Waals surface area contributed by atoms with Crippen LogP contribution in [0.4, 0.5) is 22.0 Å². The van der Waals surface area contributed by atoms with Crippen molar-refractivity contribution < 1.29 is 18.7 Å². The van der Waals surface area contributed by atoms with Crippen molar-refractivity contribution in [3.05, 3.63) is 77.7 Å². The Morgan fingerprint density at radius 3 is 2.90 bits per heavy atom. The lowest BCUT2D eigenvalue weighted by Crippen LogP contribution is -2.33. The third-order valence-electron chi connectivity index (χ3n) is 6.99. The molecule has 5 N–H and O–H groups in total. The van der Waals surface area contributed by atoms with E-state index < -0.39 is 5.67 Å². The van der Waals surface area contributed by atoms with E-state index in [-0.39, 0.29) is 25.0 Å². The standard InChI is InChI=1S/C29H29FN8O3/c30-29(8-10-32-16-29)17-41-20-4-5-24(34-14-20)38-27(39)19-3-1-2-18(12-19)13-35-26-21-7-11-40-25(21)22(15-36-26)23-6-9-33-28(31)37-23/h1-6,9,12,14-15,32H,7-8,10-11,13,16-17H2,(H,35,36)(H2,31,33,37)(H,34,38,39)/t29-/m0/s1. The Morgan fingerprint density at radius 2 is 2.10 bits per heavy atom. The monoisotopic (exact) mass is 556 g/mol. The third kappa shape index (κ3) is 6.02. The number of carbonyl (C=O) groups excluding carboxylic acids is 1. The van der Waals surface area contributed by atoms with Crippen molar-refractivity contribution in [3.8, 4) is 22.8 Å². The zero-order chi connectivity index (χ0) is 28.2. The number of fused-ring (bicyclic) bond motifs is 1. The molecule has 2 aliphatic rings. The summed E-state index contributed by atoms with van der Waals surface area (Å²) < 4.78 is 25.9. The first-order chi connectivity index (χ1) is 20.0. The van der Waals surface area contributed by atoms with Crippen molar-refractivity contribution in [1.82, 2.24) is 25.3 Å². The van der Waals surface area contributed by atoms with E-state index in [1.54, 1.807) is 36.7 Å². The number of hydrogen-bond acceptors (Lipinski definition) is 10. The van der Waals surface area contributed by atoms with E-state index in [0.29, 0.717) is 61.2 Å². The fraction of sp³-hybridized carbons (Fsp3) is 0.276. The van der Waals surface area contributed by atoms with Crippen molar-refractivity contribution >= 4 is 23.5 Å². The van der Waals surface area contributed by atoms with Gasteiger partial charge in [-0.1, -0.05) is 12.1 Å². The van der Waals surface area contributed by atoms with Crippen LogP contribution in [-0.4, -0.2) is 57.8 Å². The lowest BCUT2D eigenvalue weighted by atomic mass is 10.1. The zero-order valence-corrected chi connectivity index (χ0v) is 22.2. The number of nitrogen functional groups attached to an aromatic ring is 1. The highest BCUT2D eigenvalue weighted by Gasteiger charge is 2.34. The van der Waals surface area contributed by atoms with E-state index in [0.717, 1.165) is 22.4 Å². The van der Waals surface area contributed by atoms with Crippen LogP contribution in [0, 0.1) is 0 Å². The van der Waals surface area contributed by atoms with Crippen LogP contribution in [0.2, 0.25) is 0 Å². The van der Waals surface area contributed by atoms with E-state index >= 15 is 0 Å². The van der Waals surface area contributed by atoms with Gasteiger partial charge in [0.05, 0.1) is 24.1 Å². The molecule has 0 spiro atoms. The minimum Gasteiger partial charge on any atom is -0.492 e. The van der Waals surface area contributed by atoms with Crippen LogP contribution in [0.1, 0.15) is 27.9 Å². The number of amides is 1. The predicted octanol–water partition coefficient (Wildman–Crippen LogP) is 3.40. The molecule has 1 fully saturated rings. The summed E-state index contributed by atoms with van der Waals surface area (Å²) >= 11 is 0. The fourth-order valence-corrected chi connectivity index (χ4v) is 4.83. The number of anilines is 3. The molecule has 3 aromatic heterocycles. The Bertz CT molecular complexity index is 1560. The number of nitrogens with zero attached hydrogens (tertiary/aromatic N) is 4. The highest BCUT2D eigenvalue weighted by molar-refractivity contribution is 6.03. The summed E-state index contributed by atoms with van der Waals surface area (Å²) in [7, 11) is 0. The normalized spacial score (nSPS) is 17.5. The molecule has 0 saturated carbocycles. The van der Waals surface area contributed by atoms with Gasteiger partial charge in [0, 0.05) is 43.0 Å². The van der Waals surface area contributed by atoms with Gasteiger partial charge in [0.2, 0.25) is 5.95 Å². The molecule has 1 atom stereocenters. The number of rotatable bonds is 9. The van der Waals surface area contributed by atoms with Crippen LogP contribution in [0.15, 0.2) is 61.1 Å². The molecule has 0 radical (unpaired) electrons. The fourth-order valence-electron chi connectivity index (χ4n) is 4.83. The lowest BCUT2D eigenvalue weighted by Gasteiger charge is -2.18. The minimum atomic E-state index is -1.37. The summed E-state index contributed by atoms with van der Waals surface area (Å²) in [6, 6.07) is 12.4. The van der Waals surface area contributed by atoms with E-state index in [2.05, 4.69) is 35.9 Å². The summed E-state index contributed by atoms with van der Waals surface area (Å²) in [5.74, 6) is 2.15. The van der Waals surface area contributed by atoms with E-state index in [4.69, 9.17) is 15.2 Å². The summed E-state index contributed by atoms with van der Waals surface area (Å²) in [4.78, 5) is 30.0. The first kappa shape index (κ1) is 26.4. The Kier molecular flexibility index (Phi) is 7.30. The Labute approximate surface area is 235 Å². The van der Waals surface area contributed by atoms with Gasteiger partial charge in [-0.05, 0) is 48.9 Å². The maximum atomic E-state index is 14.5. The summed E-state index contributed by atoms with van der Waals surface area (Å²) in [6.45, 7) is 1.89. The molecule has 6 rings (SSSR count). The average molecular weight is 557 g/mol. The quantitative estimate of drug-likeness (QED) is 0.242. The second-order valence-electron chi connectivity index (χ2n) is 9.98. The number of carbonyl (C=O) groups is 1. The maximum Gasteiger partial charge on any atom is 0.256 e. The van der Waals surface area contributed by atoms with Gasteiger partial charge in [-0.2, -0.15) is 0 Å². The second-order valence-corrected chi connectivity index (χ2v) is 9.98. The molecular formula is C29H29FN8O3. The largest absolute Gasteiger partial charge is 0.492 e. The molecule has 1 amide bonds. The van der Waals surface area contributed by atoms with Gasteiger partial charge >= 0.3 is 0 Å². The Hall–Kier alpha value is -4.84. The Balaban J connectivity index is 1.08. The summed E-state index contributed by atoms with van der Waals surface area (Å²) in [5.41, 5.74) is 8.16. The van der Waals surface area contributed by atoms with Crippen LogP contribution < -0.4 is 31.2 Å². The lowest BCUT2D eigenvalue weighted by molar-refractivity contribution is 0.102. The Morgan fingerprint density at radius 1 is 1.17 bits per heavy atom. The predicted molar refractivity (Wildman–Crippen MR) is 152 cm³/mol. The highest BCUT2D eigenvalue weighted by atomic mass is 19.1. The number of nitrogens with two attached hydrogens (primary N) is 1. The summed E-state index contributed by atoms with van der Waals surface area (Å²) in [6.07, 6.45) is 5.92. The van der Waals surface area contributed by atoms with Gasteiger partial charge in [0.1, 0.15) is 29.7 Å². The molecule has 4 aromatic rings.